The van der Waals surface area contributed by atoms with E-state index < -0.39 is 0 Å². The highest BCUT2D eigenvalue weighted by Gasteiger charge is 1.99. The van der Waals surface area contributed by atoms with E-state index in [9.17, 15) is 0 Å². The number of hydrogen-bond acceptors (Lipinski definition) is 5. The number of aromatic nitrogens is 2. The molecule has 0 amide bonds. The third-order valence-electron chi connectivity index (χ3n) is 2.14. The Kier molecular flexibility index (Phi) is 4.10. The lowest BCUT2D eigenvalue weighted by Gasteiger charge is -2.04. The zero-order chi connectivity index (χ0) is 11.9. The number of rotatable bonds is 6. The van der Waals surface area contributed by atoms with Crippen molar-refractivity contribution in [2.45, 2.75) is 20.1 Å². The van der Waals surface area contributed by atoms with Crippen molar-refractivity contribution in [1.82, 2.24) is 9.97 Å². The van der Waals surface area contributed by atoms with E-state index in [4.69, 9.17) is 9.15 Å². The molecule has 90 valence electrons. The molecular weight excluding hydrogens is 218 g/mol. The third kappa shape index (κ3) is 3.57. The number of hydrogen-bond donors (Lipinski definition) is 1. The Balaban J connectivity index is 1.79. The summed E-state index contributed by atoms with van der Waals surface area (Å²) in [7, 11) is 0. The van der Waals surface area contributed by atoms with Crippen molar-refractivity contribution in [3.63, 3.8) is 0 Å². The van der Waals surface area contributed by atoms with Crippen molar-refractivity contribution in [1.29, 1.82) is 0 Å². The van der Waals surface area contributed by atoms with Gasteiger partial charge in [-0.1, -0.05) is 0 Å². The fourth-order valence-corrected chi connectivity index (χ4v) is 1.35. The molecule has 0 radical (unpaired) electrons. The predicted octanol–water partition coefficient (Wildman–Crippen LogP) is 2.22. The Morgan fingerprint density at radius 2 is 2.24 bits per heavy atom. The lowest BCUT2D eigenvalue weighted by Crippen LogP contribution is -2.02. The molecule has 0 aliphatic rings. The summed E-state index contributed by atoms with van der Waals surface area (Å²) in [6, 6.07) is 3.71. The molecule has 0 saturated heterocycles. The standard InChI is InChI=1S/C12H15N3O2/c1-2-13-12-7-14-10(6-15-12)8-16-9-11-4-3-5-17-11/h3-7H,2,8-9H2,1H3,(H,13,15). The summed E-state index contributed by atoms with van der Waals surface area (Å²) < 4.78 is 10.6. The minimum absolute atomic E-state index is 0.431. The van der Waals surface area contributed by atoms with E-state index in [1.54, 1.807) is 18.7 Å². The first-order valence-electron chi connectivity index (χ1n) is 5.53. The summed E-state index contributed by atoms with van der Waals surface area (Å²) in [6.07, 6.45) is 5.04. The van der Waals surface area contributed by atoms with Gasteiger partial charge in [-0.25, -0.2) is 4.98 Å². The maximum absolute atomic E-state index is 5.45. The summed E-state index contributed by atoms with van der Waals surface area (Å²) in [5, 5.41) is 3.08. The fourth-order valence-electron chi connectivity index (χ4n) is 1.35. The lowest BCUT2D eigenvalue weighted by molar-refractivity contribution is 0.0904. The normalized spacial score (nSPS) is 10.4. The van der Waals surface area contributed by atoms with Crippen molar-refractivity contribution in [3.05, 3.63) is 42.2 Å². The quantitative estimate of drug-likeness (QED) is 0.829. The maximum Gasteiger partial charge on any atom is 0.144 e. The molecule has 2 aromatic heterocycles. The molecule has 0 unspecified atom stereocenters. The van der Waals surface area contributed by atoms with Crippen molar-refractivity contribution >= 4 is 5.82 Å². The molecule has 2 rings (SSSR count). The van der Waals surface area contributed by atoms with Gasteiger partial charge in [0.25, 0.3) is 0 Å². The number of furan rings is 1. The maximum atomic E-state index is 5.45. The first-order chi connectivity index (χ1) is 8.38. The molecule has 2 aromatic rings. The van der Waals surface area contributed by atoms with Gasteiger partial charge in [0, 0.05) is 6.54 Å². The van der Waals surface area contributed by atoms with Gasteiger partial charge in [0.1, 0.15) is 18.2 Å². The SMILES string of the molecule is CCNc1cnc(COCc2ccco2)cn1. The van der Waals surface area contributed by atoms with E-state index in [2.05, 4.69) is 15.3 Å². The van der Waals surface area contributed by atoms with Crippen LogP contribution in [-0.2, 0) is 18.0 Å². The molecule has 0 saturated carbocycles. The summed E-state index contributed by atoms with van der Waals surface area (Å²) in [4.78, 5) is 8.44. The van der Waals surface area contributed by atoms with Crippen LogP contribution in [0.3, 0.4) is 0 Å². The third-order valence-corrected chi connectivity index (χ3v) is 2.14. The lowest BCUT2D eigenvalue weighted by atomic mass is 10.4. The molecule has 5 nitrogen and oxygen atoms in total. The monoisotopic (exact) mass is 233 g/mol. The van der Waals surface area contributed by atoms with E-state index in [-0.39, 0.29) is 0 Å². The Bertz CT molecular complexity index is 426. The van der Waals surface area contributed by atoms with E-state index in [1.807, 2.05) is 19.1 Å². The van der Waals surface area contributed by atoms with Crippen LogP contribution in [0.25, 0.3) is 0 Å². The second-order valence-corrected chi connectivity index (χ2v) is 3.50. The van der Waals surface area contributed by atoms with Crippen LogP contribution in [0.1, 0.15) is 18.4 Å². The molecule has 17 heavy (non-hydrogen) atoms. The average Bonchev–Trinajstić information content (AvgIpc) is 2.85. The van der Waals surface area contributed by atoms with Crippen LogP contribution in [0.5, 0.6) is 0 Å². The van der Waals surface area contributed by atoms with Gasteiger partial charge in [0.2, 0.25) is 0 Å². The van der Waals surface area contributed by atoms with Crippen LogP contribution in [0.15, 0.2) is 35.2 Å². The predicted molar refractivity (Wildman–Crippen MR) is 63.4 cm³/mol. The summed E-state index contributed by atoms with van der Waals surface area (Å²) in [6.45, 7) is 3.73. The summed E-state index contributed by atoms with van der Waals surface area (Å²) >= 11 is 0. The highest BCUT2D eigenvalue weighted by atomic mass is 16.5. The second-order valence-electron chi connectivity index (χ2n) is 3.50. The zero-order valence-electron chi connectivity index (χ0n) is 9.72. The van der Waals surface area contributed by atoms with Crippen molar-refractivity contribution in [2.24, 2.45) is 0 Å². The minimum atomic E-state index is 0.431. The summed E-state index contributed by atoms with van der Waals surface area (Å²) in [5.74, 6) is 1.59. The van der Waals surface area contributed by atoms with Gasteiger partial charge in [0.05, 0.1) is 31.0 Å². The number of ether oxygens (including phenoxy) is 1. The van der Waals surface area contributed by atoms with Gasteiger partial charge >= 0.3 is 0 Å². The molecule has 2 heterocycles. The minimum Gasteiger partial charge on any atom is -0.467 e. The molecule has 0 spiro atoms. The largest absolute Gasteiger partial charge is 0.467 e. The highest BCUT2D eigenvalue weighted by molar-refractivity contribution is 5.30. The Morgan fingerprint density at radius 3 is 2.88 bits per heavy atom. The van der Waals surface area contributed by atoms with E-state index in [0.29, 0.717) is 13.2 Å². The second kappa shape index (κ2) is 6.00. The van der Waals surface area contributed by atoms with Crippen LogP contribution in [0, 0.1) is 0 Å². The number of nitrogens with one attached hydrogen (secondary N) is 1. The Labute approximate surface area is 99.8 Å². The Morgan fingerprint density at radius 1 is 1.29 bits per heavy atom. The molecule has 0 atom stereocenters. The molecule has 0 aromatic carbocycles. The van der Waals surface area contributed by atoms with Crippen LogP contribution >= 0.6 is 0 Å². The molecule has 0 aliphatic carbocycles. The molecule has 1 N–H and O–H groups in total. The highest BCUT2D eigenvalue weighted by Crippen LogP contribution is 2.05. The van der Waals surface area contributed by atoms with E-state index >= 15 is 0 Å². The van der Waals surface area contributed by atoms with E-state index in [1.165, 1.54) is 0 Å². The van der Waals surface area contributed by atoms with Gasteiger partial charge in [-0.3, -0.25) is 4.98 Å². The van der Waals surface area contributed by atoms with Gasteiger partial charge in [-0.15, -0.1) is 0 Å². The number of anilines is 1. The van der Waals surface area contributed by atoms with Gasteiger partial charge in [-0.2, -0.15) is 0 Å². The summed E-state index contributed by atoms with van der Waals surface area (Å²) in [5.41, 5.74) is 0.804. The van der Waals surface area contributed by atoms with Gasteiger partial charge < -0.3 is 14.5 Å². The smallest absolute Gasteiger partial charge is 0.144 e. The topological polar surface area (TPSA) is 60.2 Å². The zero-order valence-corrected chi connectivity index (χ0v) is 9.72. The molecule has 0 bridgehead atoms. The first-order valence-corrected chi connectivity index (χ1v) is 5.53. The van der Waals surface area contributed by atoms with Crippen molar-refractivity contribution in [2.75, 3.05) is 11.9 Å². The van der Waals surface area contributed by atoms with Gasteiger partial charge in [0.15, 0.2) is 0 Å². The van der Waals surface area contributed by atoms with Crippen LogP contribution in [-0.4, -0.2) is 16.5 Å². The van der Waals surface area contributed by atoms with Crippen LogP contribution < -0.4 is 5.32 Å². The molecular formula is C12H15N3O2. The molecule has 0 aliphatic heterocycles. The van der Waals surface area contributed by atoms with Crippen LogP contribution in [0.2, 0.25) is 0 Å². The van der Waals surface area contributed by atoms with Crippen molar-refractivity contribution in [3.8, 4) is 0 Å². The fraction of sp³-hybridized carbons (Fsp3) is 0.333. The Hall–Kier alpha value is -1.88. The van der Waals surface area contributed by atoms with Gasteiger partial charge in [-0.05, 0) is 19.1 Å². The van der Waals surface area contributed by atoms with Crippen molar-refractivity contribution < 1.29 is 9.15 Å². The van der Waals surface area contributed by atoms with E-state index in [0.717, 1.165) is 23.8 Å². The van der Waals surface area contributed by atoms with Crippen LogP contribution in [0.4, 0.5) is 5.82 Å². The molecule has 0 fully saturated rings. The number of nitrogens with zero attached hydrogens (tertiary/aromatic N) is 2. The first kappa shape index (κ1) is 11.6. The molecule has 5 heteroatoms. The average molecular weight is 233 g/mol.